The molecule has 0 amide bonds. The van der Waals surface area contributed by atoms with E-state index in [2.05, 4.69) is 5.32 Å². The van der Waals surface area contributed by atoms with Gasteiger partial charge in [-0.3, -0.25) is 19.8 Å². The summed E-state index contributed by atoms with van der Waals surface area (Å²) in [7, 11) is 0. The summed E-state index contributed by atoms with van der Waals surface area (Å²) in [4.78, 5) is 29.9. The van der Waals surface area contributed by atoms with E-state index in [0.29, 0.717) is 17.9 Å². The van der Waals surface area contributed by atoms with E-state index in [1.54, 1.807) is 25.1 Å². The molecule has 0 fully saturated rings. The van der Waals surface area contributed by atoms with Crippen LogP contribution in [0.2, 0.25) is 0 Å². The van der Waals surface area contributed by atoms with Gasteiger partial charge in [-0.05, 0) is 25.1 Å². The summed E-state index contributed by atoms with van der Waals surface area (Å²) < 4.78 is 5.11. The first-order chi connectivity index (χ1) is 14.1. The number of pyridine rings is 1. The lowest BCUT2D eigenvalue weighted by Gasteiger charge is -2.37. The van der Waals surface area contributed by atoms with E-state index in [1.165, 1.54) is 6.07 Å². The number of rotatable bonds is 5. The van der Waals surface area contributed by atoms with Gasteiger partial charge in [0, 0.05) is 23.6 Å². The van der Waals surface area contributed by atoms with Crippen molar-refractivity contribution in [2.24, 2.45) is 0 Å². The summed E-state index contributed by atoms with van der Waals surface area (Å²) in [6.07, 6.45) is -0.581. The first-order valence-electron chi connectivity index (χ1n) is 9.35. The number of nitro groups is 1. The molecule has 0 spiro atoms. The van der Waals surface area contributed by atoms with Gasteiger partial charge in [0.15, 0.2) is 0 Å². The van der Waals surface area contributed by atoms with E-state index in [4.69, 9.17) is 9.72 Å². The van der Waals surface area contributed by atoms with Crippen molar-refractivity contribution in [1.29, 1.82) is 0 Å². The Morgan fingerprint density at radius 2 is 2.03 bits per heavy atom. The molecule has 0 aliphatic carbocycles. The largest absolute Gasteiger partial charge is 0.465 e. The third kappa shape index (κ3) is 3.74. The molecule has 3 aromatic rings. The molecule has 0 saturated heterocycles. The van der Waals surface area contributed by atoms with Gasteiger partial charge in [-0.1, -0.05) is 30.3 Å². The first-order valence-corrected chi connectivity index (χ1v) is 9.35. The second-order valence-corrected chi connectivity index (χ2v) is 6.76. The zero-order valence-corrected chi connectivity index (χ0v) is 15.9. The van der Waals surface area contributed by atoms with Crippen LogP contribution in [0.4, 0.5) is 11.5 Å². The second-order valence-electron chi connectivity index (χ2n) is 6.76. The highest BCUT2D eigenvalue weighted by Crippen LogP contribution is 2.36. The third-order valence-electron chi connectivity index (χ3n) is 4.88. The monoisotopic (exact) mass is 392 g/mol. The Balaban J connectivity index is 1.78. The fraction of sp³-hybridized carbons (Fsp3) is 0.238. The SMILES string of the molecule is CCOC(=O)CN1Cc2cc3ccccc3nc2NC1c1ccccc1[N+](=O)[O-]. The number of hydrogen-bond acceptors (Lipinski definition) is 7. The number of fused-ring (bicyclic) bond motifs is 2. The number of hydrogen-bond donors (Lipinski definition) is 1. The van der Waals surface area contributed by atoms with Crippen LogP contribution in [0.1, 0.15) is 24.2 Å². The van der Waals surface area contributed by atoms with E-state index in [-0.39, 0.29) is 24.8 Å². The van der Waals surface area contributed by atoms with Crippen LogP contribution in [0.3, 0.4) is 0 Å². The maximum atomic E-state index is 12.2. The normalized spacial score (nSPS) is 16.1. The van der Waals surface area contributed by atoms with Crippen molar-refractivity contribution < 1.29 is 14.5 Å². The van der Waals surface area contributed by atoms with Gasteiger partial charge in [0.25, 0.3) is 5.69 Å². The van der Waals surface area contributed by atoms with Crippen LogP contribution in [0, 0.1) is 10.1 Å². The highest BCUT2D eigenvalue weighted by atomic mass is 16.6. The summed E-state index contributed by atoms with van der Waals surface area (Å²) in [6, 6.07) is 16.3. The molecule has 1 unspecified atom stereocenters. The number of nitrogens with zero attached hydrogens (tertiary/aromatic N) is 3. The van der Waals surface area contributed by atoms with Gasteiger partial charge in [-0.25, -0.2) is 4.98 Å². The highest BCUT2D eigenvalue weighted by molar-refractivity contribution is 5.82. The molecule has 8 nitrogen and oxygen atoms in total. The van der Waals surface area contributed by atoms with Gasteiger partial charge < -0.3 is 10.1 Å². The lowest BCUT2D eigenvalue weighted by molar-refractivity contribution is -0.386. The van der Waals surface area contributed by atoms with Gasteiger partial charge in [0.05, 0.1) is 29.2 Å². The molecule has 2 aromatic carbocycles. The smallest absolute Gasteiger partial charge is 0.320 e. The molecule has 2 heterocycles. The molecular formula is C21H20N4O4. The number of anilines is 1. The van der Waals surface area contributed by atoms with Gasteiger partial charge in [0.2, 0.25) is 0 Å². The average Bonchev–Trinajstić information content (AvgIpc) is 2.72. The topological polar surface area (TPSA) is 97.6 Å². The summed E-state index contributed by atoms with van der Waals surface area (Å²) >= 11 is 0. The summed E-state index contributed by atoms with van der Waals surface area (Å²) in [5.74, 6) is 0.280. The van der Waals surface area contributed by atoms with Crippen LogP contribution in [0.25, 0.3) is 10.9 Å². The highest BCUT2D eigenvalue weighted by Gasteiger charge is 2.33. The minimum Gasteiger partial charge on any atom is -0.465 e. The maximum absolute atomic E-state index is 12.2. The number of nitrogens with one attached hydrogen (secondary N) is 1. The van der Waals surface area contributed by atoms with Gasteiger partial charge in [-0.15, -0.1) is 0 Å². The number of benzene rings is 2. The molecule has 1 aromatic heterocycles. The van der Waals surface area contributed by atoms with Gasteiger partial charge in [-0.2, -0.15) is 0 Å². The van der Waals surface area contributed by atoms with E-state index in [0.717, 1.165) is 16.5 Å². The molecule has 29 heavy (non-hydrogen) atoms. The quantitative estimate of drug-likeness (QED) is 0.402. The Morgan fingerprint density at radius 1 is 1.28 bits per heavy atom. The summed E-state index contributed by atoms with van der Waals surface area (Å²) in [6.45, 7) is 2.44. The zero-order valence-electron chi connectivity index (χ0n) is 15.9. The van der Waals surface area contributed by atoms with E-state index in [9.17, 15) is 14.9 Å². The Labute approximate surface area is 167 Å². The van der Waals surface area contributed by atoms with Crippen molar-refractivity contribution in [3.8, 4) is 0 Å². The van der Waals surface area contributed by atoms with Crippen molar-refractivity contribution in [3.63, 3.8) is 0 Å². The number of para-hydroxylation sites is 2. The fourth-order valence-corrected chi connectivity index (χ4v) is 3.62. The van der Waals surface area contributed by atoms with Crippen molar-refractivity contribution in [2.45, 2.75) is 19.6 Å². The third-order valence-corrected chi connectivity index (χ3v) is 4.88. The number of ether oxygens (including phenoxy) is 1. The molecule has 1 aliphatic rings. The first kappa shape index (κ1) is 18.8. The zero-order chi connectivity index (χ0) is 20.4. The number of nitro benzene ring substituents is 1. The average molecular weight is 392 g/mol. The second kappa shape index (κ2) is 7.84. The molecule has 0 bridgehead atoms. The Kier molecular flexibility index (Phi) is 5.09. The minimum absolute atomic E-state index is 0.00379. The van der Waals surface area contributed by atoms with Crippen molar-refractivity contribution in [2.75, 3.05) is 18.5 Å². The molecular weight excluding hydrogens is 372 g/mol. The predicted molar refractivity (Wildman–Crippen MR) is 108 cm³/mol. The van der Waals surface area contributed by atoms with Crippen molar-refractivity contribution in [3.05, 3.63) is 75.8 Å². The molecule has 4 rings (SSSR count). The van der Waals surface area contributed by atoms with Gasteiger partial charge >= 0.3 is 5.97 Å². The van der Waals surface area contributed by atoms with Crippen LogP contribution in [0.5, 0.6) is 0 Å². The van der Waals surface area contributed by atoms with Crippen LogP contribution >= 0.6 is 0 Å². The van der Waals surface area contributed by atoms with Crippen LogP contribution in [-0.4, -0.2) is 33.9 Å². The van der Waals surface area contributed by atoms with Crippen LogP contribution < -0.4 is 5.32 Å². The van der Waals surface area contributed by atoms with E-state index >= 15 is 0 Å². The lowest BCUT2D eigenvalue weighted by atomic mass is 10.0. The molecule has 148 valence electrons. The molecule has 8 heteroatoms. The van der Waals surface area contributed by atoms with E-state index in [1.807, 2.05) is 35.2 Å². The maximum Gasteiger partial charge on any atom is 0.320 e. The number of aromatic nitrogens is 1. The number of esters is 1. The minimum atomic E-state index is -0.581. The Bertz CT molecular complexity index is 1090. The summed E-state index contributed by atoms with van der Waals surface area (Å²) in [5.41, 5.74) is 2.22. The number of carbonyl (C=O) groups is 1. The standard InChI is InChI=1S/C21H20N4O4/c1-2-29-19(26)13-24-12-15-11-14-7-3-5-9-17(14)22-20(15)23-21(24)16-8-4-6-10-18(16)25(27)28/h3-11,21H,2,12-13H2,1H3,(H,22,23). The Hall–Kier alpha value is -3.52. The predicted octanol–water partition coefficient (Wildman–Crippen LogP) is 3.63. The van der Waals surface area contributed by atoms with Crippen molar-refractivity contribution >= 4 is 28.4 Å². The van der Waals surface area contributed by atoms with Crippen LogP contribution in [-0.2, 0) is 16.1 Å². The number of carbonyl (C=O) groups excluding carboxylic acids is 1. The summed E-state index contributed by atoms with van der Waals surface area (Å²) in [5, 5.41) is 15.9. The molecule has 1 N–H and O–H groups in total. The van der Waals surface area contributed by atoms with Gasteiger partial charge in [0.1, 0.15) is 12.0 Å². The van der Waals surface area contributed by atoms with E-state index < -0.39 is 11.1 Å². The van der Waals surface area contributed by atoms with Crippen molar-refractivity contribution in [1.82, 2.24) is 9.88 Å². The molecule has 1 aliphatic heterocycles. The molecule has 0 radical (unpaired) electrons. The fourth-order valence-electron chi connectivity index (χ4n) is 3.62. The van der Waals surface area contributed by atoms with Crippen LogP contribution in [0.15, 0.2) is 54.6 Å². The Morgan fingerprint density at radius 3 is 2.83 bits per heavy atom. The molecule has 1 atom stereocenters. The lowest BCUT2D eigenvalue weighted by Crippen LogP contribution is -2.41. The molecule has 0 saturated carbocycles.